The molecule has 2 unspecified atom stereocenters. The molecule has 0 aromatic heterocycles. The maximum atomic E-state index is 12.0. The fourth-order valence-corrected chi connectivity index (χ4v) is 3.89. The maximum Gasteiger partial charge on any atom is 0.222 e. The molecule has 2 aliphatic rings. The molecule has 3 heteroatoms. The van der Waals surface area contributed by atoms with Gasteiger partial charge in [-0.25, -0.2) is 0 Å². The van der Waals surface area contributed by atoms with Crippen LogP contribution in [0.1, 0.15) is 59.8 Å². The zero-order valence-corrected chi connectivity index (χ0v) is 14.4. The van der Waals surface area contributed by atoms with Crippen molar-refractivity contribution in [2.24, 2.45) is 23.7 Å². The highest BCUT2D eigenvalue weighted by Crippen LogP contribution is 2.29. The number of amides is 1. The highest BCUT2D eigenvalue weighted by Gasteiger charge is 2.31. The Bertz CT molecular complexity index is 332. The molecule has 2 rings (SSSR count). The van der Waals surface area contributed by atoms with Crippen molar-refractivity contribution in [3.8, 4) is 0 Å². The van der Waals surface area contributed by atoms with Crippen LogP contribution >= 0.6 is 0 Å². The van der Waals surface area contributed by atoms with E-state index in [1.165, 1.54) is 38.8 Å². The normalized spacial score (nSPS) is 28.5. The molecule has 0 radical (unpaired) electrons. The van der Waals surface area contributed by atoms with E-state index in [0.29, 0.717) is 12.0 Å². The Kier molecular flexibility index (Phi) is 6.09. The van der Waals surface area contributed by atoms with Crippen molar-refractivity contribution in [2.75, 3.05) is 19.6 Å². The number of carbonyl (C=O) groups is 1. The molecule has 1 amide bonds. The Morgan fingerprint density at radius 2 is 1.81 bits per heavy atom. The summed E-state index contributed by atoms with van der Waals surface area (Å²) in [6.07, 6.45) is 6.80. The third-order valence-electron chi connectivity index (χ3n) is 5.36. The summed E-state index contributed by atoms with van der Waals surface area (Å²) in [5, 5.41) is 3.28. The van der Waals surface area contributed by atoms with Crippen LogP contribution in [0.3, 0.4) is 0 Å². The first kappa shape index (κ1) is 16.8. The van der Waals surface area contributed by atoms with Crippen molar-refractivity contribution in [1.82, 2.24) is 10.2 Å². The van der Waals surface area contributed by atoms with Gasteiger partial charge in [0.2, 0.25) is 5.91 Å². The second-order valence-electron chi connectivity index (χ2n) is 7.97. The summed E-state index contributed by atoms with van der Waals surface area (Å²) in [5.41, 5.74) is 0. The predicted octanol–water partition coefficient (Wildman–Crippen LogP) is 3.30. The molecule has 1 heterocycles. The molecule has 2 atom stereocenters. The molecule has 0 bridgehead atoms. The molecule has 1 aliphatic heterocycles. The molecule has 2 fully saturated rings. The second-order valence-corrected chi connectivity index (χ2v) is 7.97. The van der Waals surface area contributed by atoms with Crippen LogP contribution in [0.4, 0.5) is 0 Å². The fourth-order valence-electron chi connectivity index (χ4n) is 3.89. The molecular formula is C18H34N2O. The Morgan fingerprint density at radius 3 is 2.38 bits per heavy atom. The molecule has 3 nitrogen and oxygen atoms in total. The zero-order valence-electron chi connectivity index (χ0n) is 14.4. The standard InChI is InChI=1S/C18H34N2O/c1-13(2)16-9-17(19-18(21)14(3)4)12-20(11-16)10-15-7-5-6-8-15/h13-17H,5-12H2,1-4H3,(H,19,21). The van der Waals surface area contributed by atoms with Gasteiger partial charge in [-0.1, -0.05) is 40.5 Å². The van der Waals surface area contributed by atoms with Crippen molar-refractivity contribution in [1.29, 1.82) is 0 Å². The number of carbonyl (C=O) groups excluding carboxylic acids is 1. The zero-order chi connectivity index (χ0) is 15.4. The lowest BCUT2D eigenvalue weighted by Gasteiger charge is -2.41. The van der Waals surface area contributed by atoms with Crippen molar-refractivity contribution in [2.45, 2.75) is 65.8 Å². The van der Waals surface area contributed by atoms with Crippen LogP contribution in [-0.4, -0.2) is 36.5 Å². The average Bonchev–Trinajstić information content (AvgIpc) is 2.91. The van der Waals surface area contributed by atoms with Gasteiger partial charge in [0.15, 0.2) is 0 Å². The summed E-state index contributed by atoms with van der Waals surface area (Å²) >= 11 is 0. The highest BCUT2D eigenvalue weighted by atomic mass is 16.1. The molecule has 21 heavy (non-hydrogen) atoms. The van der Waals surface area contributed by atoms with E-state index >= 15 is 0 Å². The number of hydrogen-bond donors (Lipinski definition) is 1. The molecule has 0 aromatic carbocycles. The smallest absolute Gasteiger partial charge is 0.222 e. The summed E-state index contributed by atoms with van der Waals surface area (Å²) in [4.78, 5) is 14.6. The van der Waals surface area contributed by atoms with Crippen molar-refractivity contribution >= 4 is 5.91 Å². The average molecular weight is 294 g/mol. The quantitative estimate of drug-likeness (QED) is 0.844. The largest absolute Gasteiger partial charge is 0.352 e. The molecule has 1 N–H and O–H groups in total. The first-order valence-corrected chi connectivity index (χ1v) is 8.98. The molecule has 0 spiro atoms. The minimum Gasteiger partial charge on any atom is -0.352 e. The molecule has 122 valence electrons. The van der Waals surface area contributed by atoms with E-state index in [2.05, 4.69) is 24.1 Å². The van der Waals surface area contributed by atoms with Crippen LogP contribution in [0.5, 0.6) is 0 Å². The summed E-state index contributed by atoms with van der Waals surface area (Å²) in [6.45, 7) is 12.1. The topological polar surface area (TPSA) is 32.3 Å². The van der Waals surface area contributed by atoms with E-state index in [4.69, 9.17) is 0 Å². The number of rotatable bonds is 5. The van der Waals surface area contributed by atoms with Gasteiger partial charge in [-0.15, -0.1) is 0 Å². The van der Waals surface area contributed by atoms with E-state index in [1.807, 2.05) is 13.8 Å². The minimum absolute atomic E-state index is 0.0905. The summed E-state index contributed by atoms with van der Waals surface area (Å²) in [5.74, 6) is 2.63. The lowest BCUT2D eigenvalue weighted by atomic mass is 9.85. The fraction of sp³-hybridized carbons (Fsp3) is 0.944. The van der Waals surface area contributed by atoms with E-state index in [-0.39, 0.29) is 11.8 Å². The number of likely N-dealkylation sites (tertiary alicyclic amines) is 1. The van der Waals surface area contributed by atoms with E-state index in [1.54, 1.807) is 0 Å². The van der Waals surface area contributed by atoms with Crippen LogP contribution in [0.2, 0.25) is 0 Å². The molecular weight excluding hydrogens is 260 g/mol. The van der Waals surface area contributed by atoms with E-state index < -0.39 is 0 Å². The predicted molar refractivity (Wildman–Crippen MR) is 88.1 cm³/mol. The van der Waals surface area contributed by atoms with Crippen LogP contribution in [-0.2, 0) is 4.79 Å². The third kappa shape index (κ3) is 4.98. The van der Waals surface area contributed by atoms with Gasteiger partial charge in [0, 0.05) is 31.6 Å². The van der Waals surface area contributed by atoms with Gasteiger partial charge in [0.05, 0.1) is 0 Å². The Balaban J connectivity index is 1.92. The lowest BCUT2D eigenvalue weighted by molar-refractivity contribution is -0.125. The summed E-state index contributed by atoms with van der Waals surface area (Å²) in [6, 6.07) is 0.349. The molecule has 1 aliphatic carbocycles. The Hall–Kier alpha value is -0.570. The summed E-state index contributed by atoms with van der Waals surface area (Å²) < 4.78 is 0. The third-order valence-corrected chi connectivity index (χ3v) is 5.36. The number of piperidine rings is 1. The van der Waals surface area contributed by atoms with Gasteiger partial charge >= 0.3 is 0 Å². The number of nitrogens with zero attached hydrogens (tertiary/aromatic N) is 1. The summed E-state index contributed by atoms with van der Waals surface area (Å²) in [7, 11) is 0. The van der Waals surface area contributed by atoms with Crippen molar-refractivity contribution < 1.29 is 4.79 Å². The minimum atomic E-state index is 0.0905. The monoisotopic (exact) mass is 294 g/mol. The van der Waals surface area contributed by atoms with E-state index in [9.17, 15) is 4.79 Å². The van der Waals surface area contributed by atoms with Gasteiger partial charge in [0.1, 0.15) is 0 Å². The maximum absolute atomic E-state index is 12.0. The van der Waals surface area contributed by atoms with E-state index in [0.717, 1.165) is 24.8 Å². The van der Waals surface area contributed by atoms with Crippen LogP contribution in [0.15, 0.2) is 0 Å². The van der Waals surface area contributed by atoms with Gasteiger partial charge in [-0.3, -0.25) is 4.79 Å². The SMILES string of the molecule is CC(C)C(=O)NC1CC(C(C)C)CN(CC2CCCC2)C1. The first-order valence-electron chi connectivity index (χ1n) is 8.98. The van der Waals surface area contributed by atoms with Gasteiger partial charge in [0.25, 0.3) is 0 Å². The number of hydrogen-bond acceptors (Lipinski definition) is 2. The van der Waals surface area contributed by atoms with Crippen molar-refractivity contribution in [3.05, 3.63) is 0 Å². The lowest BCUT2D eigenvalue weighted by Crippen LogP contribution is -2.53. The Labute approximate surface area is 130 Å². The van der Waals surface area contributed by atoms with Crippen LogP contribution < -0.4 is 5.32 Å². The molecule has 1 saturated heterocycles. The van der Waals surface area contributed by atoms with Crippen LogP contribution in [0, 0.1) is 23.7 Å². The number of nitrogens with one attached hydrogen (secondary N) is 1. The second kappa shape index (κ2) is 7.62. The highest BCUT2D eigenvalue weighted by molar-refractivity contribution is 5.78. The van der Waals surface area contributed by atoms with Gasteiger partial charge in [-0.05, 0) is 37.0 Å². The van der Waals surface area contributed by atoms with Gasteiger partial charge < -0.3 is 10.2 Å². The molecule has 0 aromatic rings. The molecule has 1 saturated carbocycles. The van der Waals surface area contributed by atoms with Crippen LogP contribution in [0.25, 0.3) is 0 Å². The van der Waals surface area contributed by atoms with Crippen molar-refractivity contribution in [3.63, 3.8) is 0 Å². The Morgan fingerprint density at radius 1 is 1.14 bits per heavy atom. The first-order chi connectivity index (χ1) is 9.95. The van der Waals surface area contributed by atoms with Gasteiger partial charge in [-0.2, -0.15) is 0 Å².